The van der Waals surface area contributed by atoms with E-state index in [4.69, 9.17) is 4.74 Å². The molecule has 1 aromatic carbocycles. The average molecular weight is 387 g/mol. The van der Waals surface area contributed by atoms with E-state index in [-0.39, 0.29) is 0 Å². The SMILES string of the molecule is CC1(C)Oc2ccc(C#N)cc2[C@H](N(Cc2cccnc2)c2cnccn2)[C@H]1O. The van der Waals surface area contributed by atoms with E-state index in [0.717, 1.165) is 11.1 Å². The van der Waals surface area contributed by atoms with Crippen molar-refractivity contribution in [3.8, 4) is 11.8 Å². The van der Waals surface area contributed by atoms with Gasteiger partial charge < -0.3 is 14.7 Å². The summed E-state index contributed by atoms with van der Waals surface area (Å²) in [5, 5.41) is 20.7. The van der Waals surface area contributed by atoms with E-state index in [1.807, 2.05) is 30.9 Å². The highest BCUT2D eigenvalue weighted by molar-refractivity contribution is 5.52. The number of hydrogen-bond donors (Lipinski definition) is 1. The Hall–Kier alpha value is -3.50. The highest BCUT2D eigenvalue weighted by Gasteiger charge is 2.46. The molecule has 0 fully saturated rings. The van der Waals surface area contributed by atoms with Crippen molar-refractivity contribution in [2.75, 3.05) is 4.90 Å². The molecule has 0 radical (unpaired) electrons. The topological polar surface area (TPSA) is 95.2 Å². The Kier molecular flexibility index (Phi) is 4.87. The molecule has 2 aromatic heterocycles. The summed E-state index contributed by atoms with van der Waals surface area (Å²) >= 11 is 0. The highest BCUT2D eigenvalue weighted by Crippen LogP contribution is 2.44. The van der Waals surface area contributed by atoms with Gasteiger partial charge in [0.2, 0.25) is 0 Å². The summed E-state index contributed by atoms with van der Waals surface area (Å²) in [6.45, 7) is 4.16. The number of aliphatic hydroxyl groups is 1. The lowest BCUT2D eigenvalue weighted by atomic mass is 9.84. The Morgan fingerprint density at radius 1 is 1.17 bits per heavy atom. The van der Waals surface area contributed by atoms with Crippen LogP contribution in [0.2, 0.25) is 0 Å². The van der Waals surface area contributed by atoms with Crippen LogP contribution in [0, 0.1) is 11.3 Å². The van der Waals surface area contributed by atoms with Crippen LogP contribution in [-0.2, 0) is 6.54 Å². The van der Waals surface area contributed by atoms with Crippen LogP contribution in [0.4, 0.5) is 5.82 Å². The fourth-order valence-corrected chi connectivity index (χ4v) is 3.62. The minimum absolute atomic E-state index is 0.459. The average Bonchev–Trinajstić information content (AvgIpc) is 2.74. The van der Waals surface area contributed by atoms with Gasteiger partial charge in [-0.2, -0.15) is 5.26 Å². The summed E-state index contributed by atoms with van der Waals surface area (Å²) in [4.78, 5) is 14.9. The molecule has 0 saturated carbocycles. The summed E-state index contributed by atoms with van der Waals surface area (Å²) in [6.07, 6.45) is 7.53. The first-order valence-corrected chi connectivity index (χ1v) is 9.32. The van der Waals surface area contributed by atoms with Gasteiger partial charge in [0.15, 0.2) is 0 Å². The Labute approximate surface area is 169 Å². The van der Waals surface area contributed by atoms with E-state index >= 15 is 0 Å². The van der Waals surface area contributed by atoms with E-state index < -0.39 is 17.7 Å². The minimum Gasteiger partial charge on any atom is -0.485 e. The van der Waals surface area contributed by atoms with Crippen LogP contribution in [0.15, 0.2) is 61.3 Å². The zero-order chi connectivity index (χ0) is 20.4. The van der Waals surface area contributed by atoms with Crippen molar-refractivity contribution in [2.45, 2.75) is 38.1 Å². The number of aliphatic hydroxyl groups excluding tert-OH is 1. The first-order valence-electron chi connectivity index (χ1n) is 9.32. The zero-order valence-electron chi connectivity index (χ0n) is 16.2. The second-order valence-electron chi connectivity index (χ2n) is 7.51. The van der Waals surface area contributed by atoms with Crippen molar-refractivity contribution < 1.29 is 9.84 Å². The molecule has 0 spiro atoms. The van der Waals surface area contributed by atoms with Gasteiger partial charge in [-0.1, -0.05) is 6.07 Å². The summed E-state index contributed by atoms with van der Waals surface area (Å²) in [6, 6.07) is 10.8. The third-order valence-electron chi connectivity index (χ3n) is 5.10. The van der Waals surface area contributed by atoms with Gasteiger partial charge in [0, 0.05) is 36.9 Å². The molecule has 0 amide bonds. The highest BCUT2D eigenvalue weighted by atomic mass is 16.5. The number of aromatic nitrogens is 3. The Balaban J connectivity index is 1.87. The van der Waals surface area contributed by atoms with Crippen molar-refractivity contribution in [3.05, 3.63) is 78.0 Å². The van der Waals surface area contributed by atoms with Gasteiger partial charge in [0.25, 0.3) is 0 Å². The zero-order valence-corrected chi connectivity index (χ0v) is 16.2. The monoisotopic (exact) mass is 387 g/mol. The van der Waals surface area contributed by atoms with Gasteiger partial charge in [-0.15, -0.1) is 0 Å². The second-order valence-corrected chi connectivity index (χ2v) is 7.51. The summed E-state index contributed by atoms with van der Waals surface area (Å²) < 4.78 is 6.06. The van der Waals surface area contributed by atoms with Crippen molar-refractivity contribution in [1.82, 2.24) is 15.0 Å². The Morgan fingerprint density at radius 2 is 2.00 bits per heavy atom. The number of pyridine rings is 1. The molecule has 146 valence electrons. The van der Waals surface area contributed by atoms with E-state index in [0.29, 0.717) is 23.7 Å². The van der Waals surface area contributed by atoms with Crippen molar-refractivity contribution in [3.63, 3.8) is 0 Å². The van der Waals surface area contributed by atoms with Crippen LogP contribution in [0.25, 0.3) is 0 Å². The van der Waals surface area contributed by atoms with Gasteiger partial charge in [-0.25, -0.2) is 4.98 Å². The molecule has 1 N–H and O–H groups in total. The number of ether oxygens (including phenoxy) is 1. The number of hydrogen-bond acceptors (Lipinski definition) is 7. The van der Waals surface area contributed by atoms with Gasteiger partial charge in [0.1, 0.15) is 23.3 Å². The third kappa shape index (κ3) is 3.62. The van der Waals surface area contributed by atoms with E-state index in [2.05, 4.69) is 21.0 Å². The lowest BCUT2D eigenvalue weighted by molar-refractivity contribution is -0.0591. The van der Waals surface area contributed by atoms with E-state index in [1.54, 1.807) is 49.2 Å². The fourth-order valence-electron chi connectivity index (χ4n) is 3.62. The third-order valence-corrected chi connectivity index (χ3v) is 5.10. The minimum atomic E-state index is -0.873. The first kappa shape index (κ1) is 18.8. The molecule has 0 aliphatic carbocycles. The van der Waals surface area contributed by atoms with Crippen molar-refractivity contribution in [1.29, 1.82) is 5.26 Å². The first-order chi connectivity index (χ1) is 14.0. The standard InChI is InChI=1S/C22H21N5O2/c1-22(2)21(28)20(17-10-15(11-23)5-6-18(17)29-22)27(19-13-25-8-9-26-19)14-16-4-3-7-24-12-16/h3-10,12-13,20-21,28H,14H2,1-2H3/t20-,21+/m0/s1. The number of nitriles is 1. The Morgan fingerprint density at radius 3 is 2.69 bits per heavy atom. The van der Waals surface area contributed by atoms with E-state index in [9.17, 15) is 10.4 Å². The maximum absolute atomic E-state index is 11.3. The van der Waals surface area contributed by atoms with Gasteiger partial charge in [-0.3, -0.25) is 9.97 Å². The maximum Gasteiger partial charge on any atom is 0.147 e. The fraction of sp³-hybridized carbons (Fsp3) is 0.273. The van der Waals surface area contributed by atoms with Crippen LogP contribution in [0.5, 0.6) is 5.75 Å². The molecule has 7 nitrogen and oxygen atoms in total. The lowest BCUT2D eigenvalue weighted by Gasteiger charge is -2.46. The smallest absolute Gasteiger partial charge is 0.147 e. The van der Waals surface area contributed by atoms with Crippen molar-refractivity contribution >= 4 is 5.82 Å². The predicted octanol–water partition coefficient (Wildman–Crippen LogP) is 3.02. The van der Waals surface area contributed by atoms with Crippen LogP contribution >= 0.6 is 0 Å². The molecular formula is C22H21N5O2. The van der Waals surface area contributed by atoms with Gasteiger partial charge in [0.05, 0.1) is 23.9 Å². The molecule has 4 rings (SSSR count). The van der Waals surface area contributed by atoms with Crippen LogP contribution < -0.4 is 9.64 Å². The largest absolute Gasteiger partial charge is 0.485 e. The molecule has 3 aromatic rings. The van der Waals surface area contributed by atoms with Crippen LogP contribution in [0.3, 0.4) is 0 Å². The molecule has 0 unspecified atom stereocenters. The molecule has 0 bridgehead atoms. The molecule has 0 saturated heterocycles. The maximum atomic E-state index is 11.3. The molecule has 29 heavy (non-hydrogen) atoms. The molecule has 1 aliphatic heterocycles. The lowest BCUT2D eigenvalue weighted by Crippen LogP contribution is -2.53. The van der Waals surface area contributed by atoms with Gasteiger partial charge >= 0.3 is 0 Å². The van der Waals surface area contributed by atoms with Crippen molar-refractivity contribution in [2.24, 2.45) is 0 Å². The predicted molar refractivity (Wildman–Crippen MR) is 107 cm³/mol. The number of nitrogens with zero attached hydrogens (tertiary/aromatic N) is 5. The Bertz CT molecular complexity index is 1030. The molecule has 3 heterocycles. The second kappa shape index (κ2) is 7.49. The number of benzene rings is 1. The molecule has 1 aliphatic rings. The van der Waals surface area contributed by atoms with Crippen LogP contribution in [-0.4, -0.2) is 31.8 Å². The summed E-state index contributed by atoms with van der Waals surface area (Å²) in [5.41, 5.74) is 1.38. The van der Waals surface area contributed by atoms with E-state index in [1.165, 1.54) is 0 Å². The number of fused-ring (bicyclic) bond motifs is 1. The summed E-state index contributed by atoms with van der Waals surface area (Å²) in [5.74, 6) is 1.26. The molecular weight excluding hydrogens is 366 g/mol. The quantitative estimate of drug-likeness (QED) is 0.735. The number of rotatable bonds is 4. The summed E-state index contributed by atoms with van der Waals surface area (Å²) in [7, 11) is 0. The molecule has 2 atom stereocenters. The number of anilines is 1. The normalized spacial score (nSPS) is 19.5. The van der Waals surface area contributed by atoms with Crippen LogP contribution in [0.1, 0.15) is 36.6 Å². The molecule has 7 heteroatoms. The van der Waals surface area contributed by atoms with Gasteiger partial charge in [-0.05, 0) is 43.7 Å².